The smallest absolute Gasteiger partial charge is 0.415 e. The van der Waals surface area contributed by atoms with Crippen molar-refractivity contribution in [3.05, 3.63) is 120 Å². The number of benzene rings is 4. The van der Waals surface area contributed by atoms with E-state index in [1.165, 1.54) is 24.3 Å². The lowest BCUT2D eigenvalue weighted by Gasteiger charge is -2.27. The average Bonchev–Trinajstić information content (AvgIpc) is 3.34. The zero-order valence-electron chi connectivity index (χ0n) is 22.8. The van der Waals surface area contributed by atoms with E-state index in [1.54, 1.807) is 55.5 Å². The molecule has 0 unspecified atom stereocenters. The van der Waals surface area contributed by atoms with Crippen molar-refractivity contribution in [1.82, 2.24) is 0 Å². The molecule has 0 spiro atoms. The van der Waals surface area contributed by atoms with Gasteiger partial charge in [0.05, 0.1) is 14.2 Å². The first kappa shape index (κ1) is 27.7. The molecule has 2 atom stereocenters. The molecule has 1 aliphatic heterocycles. The van der Waals surface area contributed by atoms with Crippen LogP contribution >= 0.6 is 0 Å². The lowest BCUT2D eigenvalue weighted by Crippen LogP contribution is -2.30. The number of hydrogen-bond acceptors (Lipinski definition) is 6. The molecule has 0 saturated carbocycles. The maximum absolute atomic E-state index is 13.4. The summed E-state index contributed by atoms with van der Waals surface area (Å²) in [7, 11) is 3.15. The first-order chi connectivity index (χ1) is 20.0. The van der Waals surface area contributed by atoms with Gasteiger partial charge in [0.1, 0.15) is 41.8 Å². The Morgan fingerprint density at radius 3 is 2.24 bits per heavy atom. The molecule has 8 heteroatoms. The Morgan fingerprint density at radius 2 is 1.56 bits per heavy atom. The number of halogens is 1. The summed E-state index contributed by atoms with van der Waals surface area (Å²) >= 11 is 0. The number of ether oxygens (including phenoxy) is 4. The molecule has 0 N–H and O–H groups in total. The van der Waals surface area contributed by atoms with Crippen LogP contribution in [0.1, 0.15) is 40.4 Å². The fourth-order valence-electron chi connectivity index (χ4n) is 4.90. The molecule has 0 bridgehead atoms. The molecule has 5 rings (SSSR count). The largest absolute Gasteiger partial charge is 0.497 e. The summed E-state index contributed by atoms with van der Waals surface area (Å²) < 4.78 is 36.3. The van der Waals surface area contributed by atoms with Gasteiger partial charge in [0.15, 0.2) is 5.78 Å². The zero-order valence-corrected chi connectivity index (χ0v) is 22.8. The van der Waals surface area contributed by atoms with Crippen LogP contribution in [0.4, 0.5) is 14.9 Å². The molecule has 1 saturated heterocycles. The van der Waals surface area contributed by atoms with Gasteiger partial charge in [-0.2, -0.15) is 0 Å². The normalized spacial score (nSPS) is 16.3. The number of anilines is 1. The van der Waals surface area contributed by atoms with Crippen LogP contribution in [0.5, 0.6) is 17.2 Å². The minimum atomic E-state index is -0.665. The van der Waals surface area contributed by atoms with Crippen LogP contribution in [-0.2, 0) is 11.3 Å². The Labute approximate surface area is 238 Å². The van der Waals surface area contributed by atoms with E-state index in [2.05, 4.69) is 0 Å². The molecule has 41 heavy (non-hydrogen) atoms. The number of carbonyl (C=O) groups excluding carboxylic acids is 2. The van der Waals surface area contributed by atoms with Crippen molar-refractivity contribution >= 4 is 17.6 Å². The van der Waals surface area contributed by atoms with Gasteiger partial charge in [-0.3, -0.25) is 9.69 Å². The molecular formula is C33H30FNO6. The second-order valence-corrected chi connectivity index (χ2v) is 9.58. The number of amides is 1. The summed E-state index contributed by atoms with van der Waals surface area (Å²) in [5.41, 5.74) is 2.70. The third kappa shape index (κ3) is 6.32. The quantitative estimate of drug-likeness (QED) is 0.183. The highest BCUT2D eigenvalue weighted by molar-refractivity contribution is 5.96. The summed E-state index contributed by atoms with van der Waals surface area (Å²) in [6.45, 7) is 0.304. The van der Waals surface area contributed by atoms with E-state index in [4.69, 9.17) is 18.9 Å². The Bertz CT molecular complexity index is 1490. The predicted molar refractivity (Wildman–Crippen MR) is 152 cm³/mol. The van der Waals surface area contributed by atoms with Gasteiger partial charge in [-0.15, -0.1) is 0 Å². The van der Waals surface area contributed by atoms with E-state index in [0.29, 0.717) is 40.7 Å². The number of carbonyl (C=O) groups is 2. The first-order valence-corrected chi connectivity index (χ1v) is 13.2. The second kappa shape index (κ2) is 12.6. The summed E-state index contributed by atoms with van der Waals surface area (Å²) in [6, 6.07) is 27.1. The SMILES string of the molecule is COc1ccc(N2C(=O)O[C@H](CCC(=O)c3ccc(F)cc3)[C@H]2c2ccc(OC)cc2OCc2ccccc2)cc1. The minimum absolute atomic E-state index is 0.104. The molecular weight excluding hydrogens is 525 g/mol. The monoisotopic (exact) mass is 555 g/mol. The Kier molecular flexibility index (Phi) is 8.48. The molecule has 0 radical (unpaired) electrons. The van der Waals surface area contributed by atoms with E-state index >= 15 is 0 Å². The van der Waals surface area contributed by atoms with Crippen molar-refractivity contribution in [3.8, 4) is 17.2 Å². The lowest BCUT2D eigenvalue weighted by molar-refractivity contribution is 0.0921. The molecule has 4 aromatic carbocycles. The van der Waals surface area contributed by atoms with E-state index in [9.17, 15) is 14.0 Å². The second-order valence-electron chi connectivity index (χ2n) is 9.58. The number of Topliss-reactive ketones (excluding diaryl/α,β-unsaturated/α-hetero) is 1. The highest BCUT2D eigenvalue weighted by atomic mass is 19.1. The Morgan fingerprint density at radius 1 is 0.878 bits per heavy atom. The minimum Gasteiger partial charge on any atom is -0.497 e. The molecule has 1 heterocycles. The third-order valence-electron chi connectivity index (χ3n) is 7.03. The highest BCUT2D eigenvalue weighted by Gasteiger charge is 2.45. The summed E-state index contributed by atoms with van der Waals surface area (Å²) in [4.78, 5) is 27.9. The van der Waals surface area contributed by atoms with Gasteiger partial charge in [0.2, 0.25) is 0 Å². The maximum atomic E-state index is 13.4. The van der Waals surface area contributed by atoms with Crippen molar-refractivity contribution in [3.63, 3.8) is 0 Å². The summed E-state index contributed by atoms with van der Waals surface area (Å²) in [5.74, 6) is 1.20. The lowest BCUT2D eigenvalue weighted by atomic mass is 9.94. The maximum Gasteiger partial charge on any atom is 0.415 e. The van der Waals surface area contributed by atoms with Gasteiger partial charge in [-0.25, -0.2) is 9.18 Å². The first-order valence-electron chi connectivity index (χ1n) is 13.2. The van der Waals surface area contributed by atoms with Crippen LogP contribution in [0.2, 0.25) is 0 Å². The standard InChI is InChI=1S/C33H30FNO6/c1-38-26-14-12-25(13-15-26)35-32(30(41-33(35)37)19-18-29(36)23-8-10-24(34)11-9-23)28-17-16-27(39-2)20-31(28)40-21-22-6-4-3-5-7-22/h3-17,20,30,32H,18-19,21H2,1-2H3/t30-,32-/m1/s1. The fourth-order valence-corrected chi connectivity index (χ4v) is 4.90. The van der Waals surface area contributed by atoms with E-state index in [-0.39, 0.29) is 18.6 Å². The molecule has 1 amide bonds. The van der Waals surface area contributed by atoms with Crippen molar-refractivity contribution in [2.75, 3.05) is 19.1 Å². The van der Waals surface area contributed by atoms with Crippen LogP contribution in [0.3, 0.4) is 0 Å². The zero-order chi connectivity index (χ0) is 28.8. The van der Waals surface area contributed by atoms with Crippen LogP contribution in [0, 0.1) is 5.82 Å². The molecule has 1 aliphatic rings. The van der Waals surface area contributed by atoms with Crippen LogP contribution in [0.15, 0.2) is 97.1 Å². The molecule has 1 fully saturated rings. The van der Waals surface area contributed by atoms with Gasteiger partial charge < -0.3 is 18.9 Å². The van der Waals surface area contributed by atoms with Gasteiger partial charge in [-0.05, 0) is 72.6 Å². The van der Waals surface area contributed by atoms with Gasteiger partial charge in [-0.1, -0.05) is 30.3 Å². The van der Waals surface area contributed by atoms with Gasteiger partial charge in [0.25, 0.3) is 0 Å². The van der Waals surface area contributed by atoms with Gasteiger partial charge in [0, 0.05) is 29.3 Å². The number of cyclic esters (lactones) is 1. The van der Waals surface area contributed by atoms with Crippen molar-refractivity contribution in [1.29, 1.82) is 0 Å². The third-order valence-corrected chi connectivity index (χ3v) is 7.03. The molecule has 0 aliphatic carbocycles. The van der Waals surface area contributed by atoms with Crippen LogP contribution in [0.25, 0.3) is 0 Å². The molecule has 0 aromatic heterocycles. The van der Waals surface area contributed by atoms with Gasteiger partial charge >= 0.3 is 6.09 Å². The predicted octanol–water partition coefficient (Wildman–Crippen LogP) is 7.15. The number of methoxy groups -OCH3 is 2. The number of rotatable bonds is 11. The Hall–Kier alpha value is -4.85. The van der Waals surface area contributed by atoms with Crippen molar-refractivity contribution in [2.45, 2.75) is 31.6 Å². The average molecular weight is 556 g/mol. The molecule has 7 nitrogen and oxygen atoms in total. The Balaban J connectivity index is 1.49. The fraction of sp³-hybridized carbons (Fsp3) is 0.212. The number of ketones is 1. The van der Waals surface area contributed by atoms with Crippen LogP contribution in [-0.4, -0.2) is 32.2 Å². The van der Waals surface area contributed by atoms with Crippen LogP contribution < -0.4 is 19.1 Å². The van der Waals surface area contributed by atoms with Crippen molar-refractivity contribution < 1.29 is 32.9 Å². The summed E-state index contributed by atoms with van der Waals surface area (Å²) in [6.07, 6.45) is -0.846. The van der Waals surface area contributed by atoms with E-state index in [0.717, 1.165) is 5.56 Å². The highest BCUT2D eigenvalue weighted by Crippen LogP contribution is 2.44. The topological polar surface area (TPSA) is 74.3 Å². The van der Waals surface area contributed by atoms with Crippen molar-refractivity contribution in [2.24, 2.45) is 0 Å². The number of nitrogens with zero attached hydrogens (tertiary/aromatic N) is 1. The molecule has 4 aromatic rings. The summed E-state index contributed by atoms with van der Waals surface area (Å²) in [5, 5.41) is 0. The van der Waals surface area contributed by atoms with E-state index < -0.39 is 24.1 Å². The number of hydrogen-bond donors (Lipinski definition) is 0. The van der Waals surface area contributed by atoms with E-state index in [1.807, 2.05) is 36.4 Å². The molecule has 210 valence electrons.